The molecule has 1 N–H and O–H groups in total. The Morgan fingerprint density at radius 2 is 1.70 bits per heavy atom. The van der Waals surface area contributed by atoms with Crippen LogP contribution in [0.1, 0.15) is 50.7 Å². The number of hydrogen-bond acceptors (Lipinski definition) is 1. The average molecular weight is 283 g/mol. The van der Waals surface area contributed by atoms with Gasteiger partial charge in [-0.2, -0.15) is 0 Å². The average Bonchev–Trinajstić information content (AvgIpc) is 2.38. The van der Waals surface area contributed by atoms with E-state index in [1.165, 1.54) is 12.1 Å². The summed E-state index contributed by atoms with van der Waals surface area (Å²) in [5.41, 5.74) is 0.883. The zero-order valence-corrected chi connectivity index (χ0v) is 12.9. The van der Waals surface area contributed by atoms with Crippen molar-refractivity contribution in [3.05, 3.63) is 34.9 Å². The number of nitrogens with one attached hydrogen (secondary N) is 1. The van der Waals surface area contributed by atoms with Crippen LogP contribution in [-0.2, 0) is 6.42 Å². The van der Waals surface area contributed by atoms with Crippen LogP contribution in [-0.4, -0.2) is 13.1 Å². The Morgan fingerprint density at radius 3 is 2.40 bits per heavy atom. The van der Waals surface area contributed by atoms with Gasteiger partial charge in [-0.1, -0.05) is 26.7 Å². The molecule has 0 aliphatic carbocycles. The predicted molar refractivity (Wildman–Crippen MR) is 81.0 cm³/mol. The van der Waals surface area contributed by atoms with Crippen LogP contribution in [0.4, 0.5) is 8.78 Å². The molecular formula is C17H27F2N. The van der Waals surface area contributed by atoms with E-state index in [1.54, 1.807) is 6.92 Å². The molecule has 1 aromatic carbocycles. The third-order valence-electron chi connectivity index (χ3n) is 3.43. The summed E-state index contributed by atoms with van der Waals surface area (Å²) < 4.78 is 27.0. The number of rotatable bonds is 9. The van der Waals surface area contributed by atoms with Crippen molar-refractivity contribution in [2.24, 2.45) is 5.92 Å². The fourth-order valence-electron chi connectivity index (χ4n) is 2.19. The van der Waals surface area contributed by atoms with Gasteiger partial charge in [-0.25, -0.2) is 8.78 Å². The summed E-state index contributed by atoms with van der Waals surface area (Å²) in [7, 11) is 0. The zero-order valence-electron chi connectivity index (χ0n) is 12.9. The topological polar surface area (TPSA) is 12.0 Å². The monoisotopic (exact) mass is 283 g/mol. The van der Waals surface area contributed by atoms with Crippen LogP contribution < -0.4 is 5.32 Å². The number of hydrogen-bond donors (Lipinski definition) is 1. The molecule has 3 heteroatoms. The molecule has 0 atom stereocenters. The van der Waals surface area contributed by atoms with Crippen LogP contribution in [0.25, 0.3) is 0 Å². The molecular weight excluding hydrogens is 256 g/mol. The quantitative estimate of drug-likeness (QED) is 0.652. The predicted octanol–water partition coefficient (Wildman–Crippen LogP) is 4.62. The molecule has 0 radical (unpaired) electrons. The van der Waals surface area contributed by atoms with Gasteiger partial charge in [-0.05, 0) is 68.5 Å². The summed E-state index contributed by atoms with van der Waals surface area (Å²) in [5.74, 6) is 0.108. The summed E-state index contributed by atoms with van der Waals surface area (Å²) >= 11 is 0. The van der Waals surface area contributed by atoms with Gasteiger partial charge in [0, 0.05) is 0 Å². The number of unbranched alkanes of at least 4 members (excludes halogenated alkanes) is 3. The van der Waals surface area contributed by atoms with Crippen molar-refractivity contribution >= 4 is 0 Å². The summed E-state index contributed by atoms with van der Waals surface area (Å²) in [6.45, 7) is 8.09. The third kappa shape index (κ3) is 6.47. The Kier molecular flexibility index (Phi) is 7.75. The number of benzene rings is 1. The molecule has 0 aliphatic rings. The van der Waals surface area contributed by atoms with Crippen LogP contribution in [0.15, 0.2) is 12.1 Å². The highest BCUT2D eigenvalue weighted by molar-refractivity contribution is 5.25. The second kappa shape index (κ2) is 9.06. The molecule has 1 aromatic rings. The third-order valence-corrected chi connectivity index (χ3v) is 3.43. The highest BCUT2D eigenvalue weighted by Crippen LogP contribution is 2.16. The largest absolute Gasteiger partial charge is 0.316 e. The SMILES string of the molecule is Cc1cc(F)c(CCCCCCNCC(C)C)cc1F. The Balaban J connectivity index is 2.14. The zero-order chi connectivity index (χ0) is 15.0. The minimum atomic E-state index is -0.306. The van der Waals surface area contributed by atoms with E-state index in [0.29, 0.717) is 23.5 Å². The molecule has 0 aliphatic heterocycles. The van der Waals surface area contributed by atoms with Gasteiger partial charge in [0.1, 0.15) is 11.6 Å². The van der Waals surface area contributed by atoms with Crippen LogP contribution in [0, 0.1) is 24.5 Å². The normalized spacial score (nSPS) is 11.3. The van der Waals surface area contributed by atoms with Crippen molar-refractivity contribution < 1.29 is 8.78 Å². The first-order valence-electron chi connectivity index (χ1n) is 7.66. The molecule has 0 unspecified atom stereocenters. The van der Waals surface area contributed by atoms with Crippen LogP contribution in [0.2, 0.25) is 0 Å². The lowest BCUT2D eigenvalue weighted by atomic mass is 10.0. The highest BCUT2D eigenvalue weighted by Gasteiger charge is 2.06. The molecule has 0 spiro atoms. The first kappa shape index (κ1) is 17.1. The van der Waals surface area contributed by atoms with Crippen LogP contribution in [0.5, 0.6) is 0 Å². The highest BCUT2D eigenvalue weighted by atomic mass is 19.1. The summed E-state index contributed by atoms with van der Waals surface area (Å²) in [5, 5.41) is 3.41. The van der Waals surface area contributed by atoms with E-state index in [0.717, 1.165) is 38.8 Å². The van der Waals surface area contributed by atoms with Crippen molar-refractivity contribution in [2.75, 3.05) is 13.1 Å². The maximum absolute atomic E-state index is 13.6. The second-order valence-corrected chi connectivity index (χ2v) is 5.95. The van der Waals surface area contributed by atoms with Gasteiger partial charge < -0.3 is 5.32 Å². The van der Waals surface area contributed by atoms with Crippen molar-refractivity contribution in [2.45, 2.75) is 52.9 Å². The van der Waals surface area contributed by atoms with E-state index < -0.39 is 0 Å². The molecule has 0 heterocycles. The maximum Gasteiger partial charge on any atom is 0.126 e. The van der Waals surface area contributed by atoms with E-state index in [2.05, 4.69) is 19.2 Å². The van der Waals surface area contributed by atoms with Crippen molar-refractivity contribution in [3.8, 4) is 0 Å². The van der Waals surface area contributed by atoms with E-state index in [9.17, 15) is 8.78 Å². The summed E-state index contributed by atoms with van der Waals surface area (Å²) in [6, 6.07) is 2.63. The fraction of sp³-hybridized carbons (Fsp3) is 0.647. The molecule has 0 saturated carbocycles. The molecule has 20 heavy (non-hydrogen) atoms. The van der Waals surface area contributed by atoms with Gasteiger partial charge in [-0.15, -0.1) is 0 Å². The number of halogens is 2. The Morgan fingerprint density at radius 1 is 1.00 bits per heavy atom. The fourth-order valence-corrected chi connectivity index (χ4v) is 2.19. The smallest absolute Gasteiger partial charge is 0.126 e. The molecule has 0 bridgehead atoms. The molecule has 0 saturated heterocycles. The van der Waals surface area contributed by atoms with Crippen LogP contribution in [0.3, 0.4) is 0 Å². The molecule has 1 nitrogen and oxygen atoms in total. The van der Waals surface area contributed by atoms with Crippen LogP contribution >= 0.6 is 0 Å². The van der Waals surface area contributed by atoms with Gasteiger partial charge >= 0.3 is 0 Å². The van der Waals surface area contributed by atoms with Crippen molar-refractivity contribution in [1.29, 1.82) is 0 Å². The Hall–Kier alpha value is -0.960. The molecule has 0 fully saturated rings. The van der Waals surface area contributed by atoms with E-state index in [-0.39, 0.29) is 11.6 Å². The molecule has 0 amide bonds. The standard InChI is InChI=1S/C17H27F2N/c1-13(2)12-20-9-7-5-4-6-8-15-11-16(18)14(3)10-17(15)19/h10-11,13,20H,4-9,12H2,1-3H3. The van der Waals surface area contributed by atoms with E-state index in [1.807, 2.05) is 0 Å². The van der Waals surface area contributed by atoms with Gasteiger partial charge in [-0.3, -0.25) is 0 Å². The Labute approximate surface area is 121 Å². The summed E-state index contributed by atoms with van der Waals surface area (Å²) in [6.07, 6.45) is 4.91. The van der Waals surface area contributed by atoms with Gasteiger partial charge in [0.05, 0.1) is 0 Å². The van der Waals surface area contributed by atoms with Gasteiger partial charge in [0.2, 0.25) is 0 Å². The number of aryl methyl sites for hydroxylation is 2. The lowest BCUT2D eigenvalue weighted by molar-refractivity contribution is 0.523. The first-order chi connectivity index (χ1) is 9.50. The maximum atomic E-state index is 13.6. The van der Waals surface area contributed by atoms with Gasteiger partial charge in [0.15, 0.2) is 0 Å². The van der Waals surface area contributed by atoms with Gasteiger partial charge in [0.25, 0.3) is 0 Å². The summed E-state index contributed by atoms with van der Waals surface area (Å²) in [4.78, 5) is 0. The molecule has 0 aromatic heterocycles. The lowest BCUT2D eigenvalue weighted by Gasteiger charge is -2.08. The molecule has 1 rings (SSSR count). The Bertz CT molecular complexity index is 402. The first-order valence-corrected chi connectivity index (χ1v) is 7.66. The lowest BCUT2D eigenvalue weighted by Crippen LogP contribution is -2.20. The molecule has 114 valence electrons. The van der Waals surface area contributed by atoms with E-state index in [4.69, 9.17) is 0 Å². The van der Waals surface area contributed by atoms with Crippen molar-refractivity contribution in [3.63, 3.8) is 0 Å². The van der Waals surface area contributed by atoms with Crippen molar-refractivity contribution in [1.82, 2.24) is 5.32 Å². The minimum absolute atomic E-state index is 0.275. The van der Waals surface area contributed by atoms with E-state index >= 15 is 0 Å². The second-order valence-electron chi connectivity index (χ2n) is 5.95. The minimum Gasteiger partial charge on any atom is -0.316 e.